The Kier molecular flexibility index (Phi) is 6.30. The second-order valence-corrected chi connectivity index (χ2v) is 9.18. The molecular weight excluding hydrogens is 389 g/mol. The van der Waals surface area contributed by atoms with Crippen LogP contribution in [-0.2, 0) is 9.84 Å². The molecule has 0 spiro atoms. The molecule has 0 saturated carbocycles. The van der Waals surface area contributed by atoms with E-state index in [1.54, 1.807) is 30.3 Å². The third kappa shape index (κ3) is 5.62. The molecule has 5 nitrogen and oxygen atoms in total. The number of fused-ring (bicyclic) bond motifs is 1. The molecule has 0 unspecified atom stereocenters. The van der Waals surface area contributed by atoms with Gasteiger partial charge in [-0.25, -0.2) is 17.8 Å². The summed E-state index contributed by atoms with van der Waals surface area (Å²) in [6.07, 6.45) is 4.91. The molecule has 3 rings (SSSR count). The molecule has 0 radical (unpaired) electrons. The number of hydrogen-bond donors (Lipinski definition) is 1. The first kappa shape index (κ1) is 21.0. The summed E-state index contributed by atoms with van der Waals surface area (Å²) in [7, 11) is 0.776. The van der Waals surface area contributed by atoms with Gasteiger partial charge in [0.25, 0.3) is 0 Å². The van der Waals surface area contributed by atoms with E-state index in [0.717, 1.165) is 35.4 Å². The predicted octanol–water partition coefficient (Wildman–Crippen LogP) is 3.92. The van der Waals surface area contributed by atoms with Crippen LogP contribution in [-0.4, -0.2) is 51.7 Å². The monoisotopic (exact) mass is 413 g/mol. The van der Waals surface area contributed by atoms with E-state index in [9.17, 15) is 12.8 Å². The van der Waals surface area contributed by atoms with Crippen LogP contribution in [0.2, 0.25) is 0 Å². The number of aromatic nitrogens is 1. The van der Waals surface area contributed by atoms with Gasteiger partial charge in [0.2, 0.25) is 0 Å². The average molecular weight is 414 g/mol. The molecule has 0 aliphatic carbocycles. The third-order valence-corrected chi connectivity index (χ3v) is 5.55. The standard InChI is InChI=1S/C22H24FN3O2S/c1-26(2)13-12-24-22-15-18(25-21-11-7-17(23)14-20(21)22)8-4-16-5-9-19(10-6-16)29(3,27)28/h4-11,14-15H,12-13H2,1-3H3,(H,24,25)/b8-4+. The van der Waals surface area contributed by atoms with Gasteiger partial charge in [0.05, 0.1) is 16.1 Å². The minimum absolute atomic E-state index is 0.285. The maximum atomic E-state index is 13.7. The lowest BCUT2D eigenvalue weighted by Crippen LogP contribution is -2.20. The second-order valence-electron chi connectivity index (χ2n) is 7.16. The van der Waals surface area contributed by atoms with Gasteiger partial charge >= 0.3 is 0 Å². The van der Waals surface area contributed by atoms with Crippen LogP contribution in [0.5, 0.6) is 0 Å². The Morgan fingerprint density at radius 1 is 1.07 bits per heavy atom. The van der Waals surface area contributed by atoms with Crippen molar-refractivity contribution in [1.29, 1.82) is 0 Å². The van der Waals surface area contributed by atoms with E-state index in [0.29, 0.717) is 5.52 Å². The zero-order valence-electron chi connectivity index (χ0n) is 16.7. The number of hydrogen-bond acceptors (Lipinski definition) is 5. The fourth-order valence-corrected chi connectivity index (χ4v) is 3.50. The number of nitrogens with one attached hydrogen (secondary N) is 1. The van der Waals surface area contributed by atoms with Crippen LogP contribution in [0.25, 0.3) is 23.1 Å². The minimum atomic E-state index is -3.21. The minimum Gasteiger partial charge on any atom is -0.383 e. The molecule has 1 N–H and O–H groups in total. The Morgan fingerprint density at radius 3 is 2.45 bits per heavy atom. The van der Waals surface area contributed by atoms with Gasteiger partial charge in [0.1, 0.15) is 5.82 Å². The van der Waals surface area contributed by atoms with Crippen molar-refractivity contribution in [1.82, 2.24) is 9.88 Å². The van der Waals surface area contributed by atoms with Gasteiger partial charge in [-0.1, -0.05) is 18.2 Å². The maximum Gasteiger partial charge on any atom is 0.175 e. The molecule has 29 heavy (non-hydrogen) atoms. The van der Waals surface area contributed by atoms with Crippen molar-refractivity contribution >= 4 is 38.6 Å². The summed E-state index contributed by atoms with van der Waals surface area (Å²) in [6, 6.07) is 13.1. The summed E-state index contributed by atoms with van der Waals surface area (Å²) in [6.45, 7) is 1.57. The molecule has 0 bridgehead atoms. The van der Waals surface area contributed by atoms with Crippen LogP contribution >= 0.6 is 0 Å². The number of halogens is 1. The number of likely N-dealkylation sites (N-methyl/N-ethyl adjacent to an activating group) is 1. The van der Waals surface area contributed by atoms with Crippen LogP contribution in [0, 0.1) is 5.82 Å². The number of pyridine rings is 1. The van der Waals surface area contributed by atoms with Gasteiger partial charge in [0, 0.05) is 30.4 Å². The summed E-state index contributed by atoms with van der Waals surface area (Å²) >= 11 is 0. The molecule has 7 heteroatoms. The molecule has 0 amide bonds. The van der Waals surface area contributed by atoms with Crippen LogP contribution in [0.4, 0.5) is 10.1 Å². The topological polar surface area (TPSA) is 62.3 Å². The van der Waals surface area contributed by atoms with E-state index in [1.807, 2.05) is 32.3 Å². The Morgan fingerprint density at radius 2 is 1.79 bits per heavy atom. The smallest absolute Gasteiger partial charge is 0.175 e. The molecule has 0 fully saturated rings. The molecule has 3 aromatic rings. The number of nitrogens with zero attached hydrogens (tertiary/aromatic N) is 2. The Hall–Kier alpha value is -2.77. The average Bonchev–Trinajstić information content (AvgIpc) is 2.66. The highest BCUT2D eigenvalue weighted by Gasteiger charge is 2.07. The van der Waals surface area contributed by atoms with Gasteiger partial charge in [-0.3, -0.25) is 0 Å². The van der Waals surface area contributed by atoms with Crippen molar-refractivity contribution in [2.75, 3.05) is 38.8 Å². The molecule has 152 valence electrons. The zero-order chi connectivity index (χ0) is 21.0. The highest BCUT2D eigenvalue weighted by atomic mass is 32.2. The fourth-order valence-electron chi connectivity index (χ4n) is 2.87. The van der Waals surface area contributed by atoms with Crippen molar-refractivity contribution in [3.63, 3.8) is 0 Å². The normalized spacial score (nSPS) is 12.2. The Bertz CT molecular complexity index is 1140. The highest BCUT2D eigenvalue weighted by Crippen LogP contribution is 2.25. The summed E-state index contributed by atoms with van der Waals surface area (Å²) in [5, 5.41) is 4.09. The van der Waals surface area contributed by atoms with Crippen molar-refractivity contribution in [3.05, 3.63) is 65.6 Å². The van der Waals surface area contributed by atoms with E-state index < -0.39 is 9.84 Å². The van der Waals surface area contributed by atoms with Crippen molar-refractivity contribution in [2.45, 2.75) is 4.90 Å². The number of anilines is 1. The largest absolute Gasteiger partial charge is 0.383 e. The summed E-state index contributed by atoms with van der Waals surface area (Å²) in [5.41, 5.74) is 3.11. The third-order valence-electron chi connectivity index (χ3n) is 4.42. The van der Waals surface area contributed by atoms with E-state index >= 15 is 0 Å². The Balaban J connectivity index is 1.90. The molecule has 2 aromatic carbocycles. The molecule has 1 aromatic heterocycles. The second kappa shape index (κ2) is 8.71. The van der Waals surface area contributed by atoms with Crippen LogP contribution in [0.1, 0.15) is 11.3 Å². The lowest BCUT2D eigenvalue weighted by Gasteiger charge is -2.14. The highest BCUT2D eigenvalue weighted by molar-refractivity contribution is 7.90. The van der Waals surface area contributed by atoms with Crippen molar-refractivity contribution in [2.24, 2.45) is 0 Å². The van der Waals surface area contributed by atoms with Crippen LogP contribution in [0.3, 0.4) is 0 Å². The van der Waals surface area contributed by atoms with Gasteiger partial charge in [-0.2, -0.15) is 0 Å². The van der Waals surface area contributed by atoms with E-state index in [4.69, 9.17) is 0 Å². The summed E-state index contributed by atoms with van der Waals surface area (Å²) < 4.78 is 36.9. The van der Waals surface area contributed by atoms with E-state index in [2.05, 4.69) is 15.2 Å². The van der Waals surface area contributed by atoms with E-state index in [1.165, 1.54) is 18.4 Å². The summed E-state index contributed by atoms with van der Waals surface area (Å²) in [4.78, 5) is 6.94. The number of benzene rings is 2. The van der Waals surface area contributed by atoms with Gasteiger partial charge in [0.15, 0.2) is 9.84 Å². The SMILES string of the molecule is CN(C)CCNc1cc(/C=C/c2ccc(S(C)(=O)=O)cc2)nc2ccc(F)cc12. The molecule has 0 atom stereocenters. The first-order valence-electron chi connectivity index (χ1n) is 9.19. The quantitative estimate of drug-likeness (QED) is 0.636. The van der Waals surface area contributed by atoms with Gasteiger partial charge in [-0.05, 0) is 62.1 Å². The molecule has 1 heterocycles. The van der Waals surface area contributed by atoms with Crippen LogP contribution in [0.15, 0.2) is 53.4 Å². The zero-order valence-corrected chi connectivity index (χ0v) is 17.5. The van der Waals surface area contributed by atoms with Crippen molar-refractivity contribution in [3.8, 4) is 0 Å². The molecule has 0 aliphatic rings. The number of sulfone groups is 1. The predicted molar refractivity (Wildman–Crippen MR) is 117 cm³/mol. The van der Waals surface area contributed by atoms with Crippen LogP contribution < -0.4 is 5.32 Å². The molecule has 0 saturated heterocycles. The Labute approximate surface area is 170 Å². The lowest BCUT2D eigenvalue weighted by molar-refractivity contribution is 0.425. The first-order valence-corrected chi connectivity index (χ1v) is 11.1. The lowest BCUT2D eigenvalue weighted by atomic mass is 10.1. The van der Waals surface area contributed by atoms with E-state index in [-0.39, 0.29) is 10.7 Å². The summed E-state index contributed by atoms with van der Waals surface area (Å²) in [5.74, 6) is -0.302. The fraction of sp³-hybridized carbons (Fsp3) is 0.227. The van der Waals surface area contributed by atoms with Gasteiger partial charge < -0.3 is 10.2 Å². The maximum absolute atomic E-state index is 13.7. The van der Waals surface area contributed by atoms with Crippen molar-refractivity contribution < 1.29 is 12.8 Å². The first-order chi connectivity index (χ1) is 13.7. The molecule has 0 aliphatic heterocycles. The number of rotatable bonds is 7. The van der Waals surface area contributed by atoms with Gasteiger partial charge in [-0.15, -0.1) is 0 Å². The molecular formula is C22H24FN3O2S.